The Morgan fingerprint density at radius 1 is 0.519 bits per heavy atom. The smallest absolute Gasteiger partial charge is 0.215 e. The van der Waals surface area contributed by atoms with E-state index >= 15 is 0 Å². The van der Waals surface area contributed by atoms with Gasteiger partial charge in [-0.25, -0.2) is 4.99 Å². The van der Waals surface area contributed by atoms with Crippen LogP contribution in [0.2, 0.25) is 0 Å². The van der Waals surface area contributed by atoms with Gasteiger partial charge in [-0.1, -0.05) is 60.7 Å². The zero-order valence-corrected chi connectivity index (χ0v) is 29.7. The Kier molecular flexibility index (Phi) is 7.01. The molecule has 262 valence electrons. The number of fused-ring (bicyclic) bond motifs is 2. The average molecular weight is 705 g/mol. The van der Waals surface area contributed by atoms with Crippen molar-refractivity contribution in [2.75, 3.05) is 30.0 Å². The largest absolute Gasteiger partial charge is 0.399 e. The molecule has 0 saturated carbocycles. The summed E-state index contributed by atoms with van der Waals surface area (Å²) in [6.07, 6.45) is 14.7. The third kappa shape index (κ3) is 4.90. The lowest BCUT2D eigenvalue weighted by atomic mass is 9.97. The third-order valence-electron chi connectivity index (χ3n) is 10.9. The van der Waals surface area contributed by atoms with Crippen molar-refractivity contribution >= 4 is 56.5 Å². The fraction of sp³-hybridized carbons (Fsp3) is 0.0667. The fourth-order valence-electron chi connectivity index (χ4n) is 8.26. The van der Waals surface area contributed by atoms with E-state index in [1.54, 1.807) is 0 Å². The summed E-state index contributed by atoms with van der Waals surface area (Å²) in [6.45, 7) is 0. The summed E-state index contributed by atoms with van der Waals surface area (Å²) in [5, 5.41) is 4.52. The average Bonchev–Trinajstić information content (AvgIpc) is 3.98. The van der Waals surface area contributed by atoms with Gasteiger partial charge in [-0.2, -0.15) is 4.58 Å². The zero-order chi connectivity index (χ0) is 36.7. The number of nitrogen functional groups attached to an aromatic ring is 4. The van der Waals surface area contributed by atoms with Crippen LogP contribution in [0.15, 0.2) is 173 Å². The summed E-state index contributed by atoms with van der Waals surface area (Å²) >= 11 is 0. The number of benzene rings is 4. The Labute approximate surface area is 313 Å². The molecule has 6 aliphatic heterocycles. The van der Waals surface area contributed by atoms with Gasteiger partial charge in [0.2, 0.25) is 11.4 Å². The molecule has 6 aliphatic rings. The molecule has 0 amide bonds. The standard InChI is InChI=1S/C45H37N9/c1-52-36-20-21-37(52)45(29-8-16-33(49)17-9-29)41-25-23-39-43(27-4-12-31(47)13-5-27)35-19-18-34(50-35)42(26-2-10-30(46)11-3-26)38-22-24-40(53(38)51-54(39)41)44(36)28-6-14-32(48)15-7-28/h2-22,25,49,51H,23-24,47-48H2,1H3,(H2,46,50)/p+1. The van der Waals surface area contributed by atoms with E-state index in [1.165, 1.54) is 0 Å². The minimum Gasteiger partial charge on any atom is -0.399 e. The lowest BCUT2D eigenvalue weighted by Gasteiger charge is -2.37. The highest BCUT2D eigenvalue weighted by Gasteiger charge is 2.42. The van der Waals surface area contributed by atoms with E-state index in [-0.39, 0.29) is 0 Å². The van der Waals surface area contributed by atoms with E-state index < -0.39 is 0 Å². The number of likely N-dealkylation sites (N-methyl/N-ethyl adjacent to an activating group) is 1. The van der Waals surface area contributed by atoms with Crippen molar-refractivity contribution in [1.82, 2.24) is 15.6 Å². The van der Waals surface area contributed by atoms with E-state index in [4.69, 9.17) is 27.9 Å². The van der Waals surface area contributed by atoms with Gasteiger partial charge in [0.05, 0.1) is 45.3 Å². The summed E-state index contributed by atoms with van der Waals surface area (Å²) < 4.78 is 2.31. The summed E-state index contributed by atoms with van der Waals surface area (Å²) in [5.41, 5.74) is 48.3. The Bertz CT molecular complexity index is 2620. The van der Waals surface area contributed by atoms with Crippen LogP contribution in [0.25, 0.3) is 22.3 Å². The third-order valence-corrected chi connectivity index (χ3v) is 10.9. The highest BCUT2D eigenvalue weighted by Crippen LogP contribution is 2.47. The van der Waals surface area contributed by atoms with E-state index in [0.717, 1.165) is 90.2 Å². The van der Waals surface area contributed by atoms with E-state index in [9.17, 15) is 0 Å². The van der Waals surface area contributed by atoms with Crippen molar-refractivity contribution in [3.63, 3.8) is 0 Å². The van der Waals surface area contributed by atoms with Crippen molar-refractivity contribution in [2.24, 2.45) is 4.99 Å². The molecule has 9 nitrogen and oxygen atoms in total. The van der Waals surface area contributed by atoms with Crippen molar-refractivity contribution in [2.45, 2.75) is 12.8 Å². The van der Waals surface area contributed by atoms with Crippen LogP contribution in [-0.4, -0.2) is 33.1 Å². The van der Waals surface area contributed by atoms with Crippen molar-refractivity contribution in [3.05, 3.63) is 190 Å². The number of allylic oxidation sites excluding steroid dienone is 10. The lowest BCUT2D eigenvalue weighted by Crippen LogP contribution is -2.47. The molecule has 4 aromatic rings. The maximum absolute atomic E-state index is 6.26. The molecule has 0 atom stereocenters. The van der Waals surface area contributed by atoms with Crippen LogP contribution in [0.5, 0.6) is 0 Å². The molecule has 0 aromatic heterocycles. The molecule has 0 spiro atoms. The zero-order valence-electron chi connectivity index (χ0n) is 29.7. The van der Waals surface area contributed by atoms with Gasteiger partial charge in [-0.05, 0) is 82.9 Å². The molecule has 10 rings (SSSR count). The Morgan fingerprint density at radius 3 is 1.50 bits per heavy atom. The van der Waals surface area contributed by atoms with Gasteiger partial charge in [0.25, 0.3) is 0 Å². The lowest BCUT2D eigenvalue weighted by molar-refractivity contribution is -0.431. The summed E-state index contributed by atoms with van der Waals surface area (Å²) in [7, 11) is 2.16. The molecule has 54 heavy (non-hydrogen) atoms. The SMILES string of the molecule is C[N+]1=C2C=CC1=C(c1ccc(N)cc1)C1=CCC3=C(c4ccc(N)cc4)C4=NC(=C(c5ccc(N)cc5)C5=CCC(=C2c2ccc(N)cc2)N5NN13)C=C4. The first-order valence-electron chi connectivity index (χ1n) is 18.0. The number of aliphatic imine (C=N–C) groups is 1. The van der Waals surface area contributed by atoms with Crippen molar-refractivity contribution in [3.8, 4) is 0 Å². The van der Waals surface area contributed by atoms with E-state index in [2.05, 4.69) is 112 Å². The topological polar surface area (TPSA) is 138 Å². The molecule has 0 unspecified atom stereocenters. The number of nitrogens with zero attached hydrogens (tertiary/aromatic N) is 4. The minimum atomic E-state index is 0.658. The van der Waals surface area contributed by atoms with Crippen molar-refractivity contribution in [1.29, 1.82) is 0 Å². The van der Waals surface area contributed by atoms with Gasteiger partial charge in [-0.15, -0.1) is 5.53 Å². The second-order valence-electron chi connectivity index (χ2n) is 14.1. The quantitative estimate of drug-likeness (QED) is 0.111. The highest BCUT2D eigenvalue weighted by molar-refractivity contribution is 6.32. The van der Waals surface area contributed by atoms with Crippen LogP contribution in [0.1, 0.15) is 35.1 Å². The first-order valence-corrected chi connectivity index (χ1v) is 18.0. The number of hydrogen-bond donors (Lipinski definition) is 5. The van der Waals surface area contributed by atoms with E-state index in [1.807, 2.05) is 48.5 Å². The van der Waals surface area contributed by atoms with Gasteiger partial charge in [-0.3, -0.25) is 10.0 Å². The van der Waals surface area contributed by atoms with Gasteiger partial charge in [0.1, 0.15) is 7.05 Å². The van der Waals surface area contributed by atoms with E-state index in [0.29, 0.717) is 35.6 Å². The van der Waals surface area contributed by atoms with Crippen LogP contribution in [0, 0.1) is 0 Å². The number of anilines is 4. The highest BCUT2D eigenvalue weighted by atomic mass is 15.8. The Balaban J connectivity index is 1.33. The predicted octanol–water partition coefficient (Wildman–Crippen LogP) is 7.25. The number of hydrogen-bond acceptors (Lipinski definition) is 8. The maximum atomic E-state index is 6.26. The summed E-state index contributed by atoms with van der Waals surface area (Å²) in [5.74, 6) is 0. The molecule has 6 heterocycles. The molecule has 9 N–H and O–H groups in total. The Morgan fingerprint density at radius 2 is 0.963 bits per heavy atom. The fourth-order valence-corrected chi connectivity index (χ4v) is 8.26. The van der Waals surface area contributed by atoms with Crippen LogP contribution >= 0.6 is 0 Å². The van der Waals surface area contributed by atoms with Gasteiger partial charge < -0.3 is 22.9 Å². The molecular weight excluding hydrogens is 667 g/mol. The number of hydrazine groups is 2. The first kappa shape index (κ1) is 31.6. The normalized spacial score (nSPS) is 18.6. The second kappa shape index (κ2) is 12.0. The summed E-state index contributed by atoms with van der Waals surface area (Å²) in [4.78, 5) is 5.43. The van der Waals surface area contributed by atoms with Gasteiger partial charge in [0, 0.05) is 58.9 Å². The van der Waals surface area contributed by atoms with Crippen LogP contribution in [0.3, 0.4) is 0 Å². The number of nitrogens with one attached hydrogen (secondary N) is 1. The van der Waals surface area contributed by atoms with Crippen molar-refractivity contribution < 1.29 is 4.58 Å². The minimum absolute atomic E-state index is 0.658. The molecule has 6 bridgehead atoms. The molecule has 0 radical (unpaired) electrons. The molecule has 0 fully saturated rings. The molecule has 9 heteroatoms. The number of rotatable bonds is 4. The van der Waals surface area contributed by atoms with Crippen LogP contribution in [0.4, 0.5) is 22.7 Å². The van der Waals surface area contributed by atoms with Crippen LogP contribution < -0.4 is 28.5 Å². The summed E-state index contributed by atoms with van der Waals surface area (Å²) in [6, 6.07) is 32.5. The van der Waals surface area contributed by atoms with Gasteiger partial charge in [0.15, 0.2) is 0 Å². The predicted molar refractivity (Wildman–Crippen MR) is 220 cm³/mol. The monoisotopic (exact) mass is 704 g/mol. The van der Waals surface area contributed by atoms with Gasteiger partial charge >= 0.3 is 0 Å². The molecular formula is C45H38N9+. The molecule has 4 aromatic carbocycles. The Hall–Kier alpha value is -7.10. The number of nitrogens with two attached hydrogens (primary N) is 4. The maximum Gasteiger partial charge on any atom is 0.215 e. The second-order valence-corrected chi connectivity index (χ2v) is 14.1. The molecule has 0 aliphatic carbocycles. The van der Waals surface area contributed by atoms with Crippen LogP contribution in [-0.2, 0) is 0 Å². The first-order chi connectivity index (χ1) is 26.3. The molecule has 0 saturated heterocycles.